The van der Waals surface area contributed by atoms with E-state index in [4.69, 9.17) is 5.14 Å². The maximum atomic E-state index is 13.3. The number of hydrogen-bond acceptors (Lipinski definition) is 5. The van der Waals surface area contributed by atoms with E-state index < -0.39 is 10.0 Å². The third-order valence-electron chi connectivity index (χ3n) is 4.37. The van der Waals surface area contributed by atoms with Gasteiger partial charge in [-0.1, -0.05) is 23.9 Å². The minimum absolute atomic E-state index is 0.00497. The van der Waals surface area contributed by atoms with Crippen LogP contribution in [0.15, 0.2) is 46.5 Å². The third kappa shape index (κ3) is 4.95. The number of fused-ring (bicyclic) bond motifs is 1. The third-order valence-corrected chi connectivity index (χ3v) is 6.26. The van der Waals surface area contributed by atoms with Gasteiger partial charge in [-0.25, -0.2) is 22.9 Å². The SMILES string of the molecule is CCn1c(SCC(=O)NCc2ccc(F)c(C)c2)nc2cc(S(N)(=O)=O)ccc21. The highest BCUT2D eigenvalue weighted by molar-refractivity contribution is 7.99. The van der Waals surface area contributed by atoms with Crippen molar-refractivity contribution >= 4 is 38.7 Å². The molecule has 1 heterocycles. The Labute approximate surface area is 172 Å². The summed E-state index contributed by atoms with van der Waals surface area (Å²) in [6, 6.07) is 9.24. The fourth-order valence-electron chi connectivity index (χ4n) is 2.88. The Morgan fingerprint density at radius 3 is 2.69 bits per heavy atom. The molecular weight excluding hydrogens is 415 g/mol. The molecular formula is C19H21FN4O3S2. The number of sulfonamides is 1. The molecule has 0 saturated heterocycles. The van der Waals surface area contributed by atoms with Gasteiger partial charge in [0, 0.05) is 13.1 Å². The van der Waals surface area contributed by atoms with E-state index in [1.165, 1.54) is 30.0 Å². The molecule has 0 spiro atoms. The fraction of sp³-hybridized carbons (Fsp3) is 0.263. The van der Waals surface area contributed by atoms with Crippen molar-refractivity contribution in [2.45, 2.75) is 37.0 Å². The van der Waals surface area contributed by atoms with E-state index in [9.17, 15) is 17.6 Å². The standard InChI is InChI=1S/C19H21FN4O3S2/c1-3-24-17-7-5-14(29(21,26)27)9-16(17)23-19(24)28-11-18(25)22-10-13-4-6-15(20)12(2)8-13/h4-9H,3,10-11H2,1-2H3,(H,22,25)(H2,21,26,27). The molecule has 10 heteroatoms. The number of halogens is 1. The minimum atomic E-state index is -3.81. The first-order valence-corrected chi connectivity index (χ1v) is 11.4. The molecule has 1 amide bonds. The van der Waals surface area contributed by atoms with E-state index in [-0.39, 0.29) is 22.4 Å². The average molecular weight is 437 g/mol. The molecule has 0 aliphatic rings. The van der Waals surface area contributed by atoms with Crippen molar-refractivity contribution in [3.63, 3.8) is 0 Å². The Kier molecular flexibility index (Phi) is 6.25. The summed E-state index contributed by atoms with van der Waals surface area (Å²) >= 11 is 1.26. The van der Waals surface area contributed by atoms with Crippen LogP contribution < -0.4 is 10.5 Å². The predicted molar refractivity (Wildman–Crippen MR) is 110 cm³/mol. The van der Waals surface area contributed by atoms with E-state index in [1.54, 1.807) is 25.1 Å². The zero-order valence-electron chi connectivity index (χ0n) is 16.0. The summed E-state index contributed by atoms with van der Waals surface area (Å²) in [5.74, 6) is -0.317. The lowest BCUT2D eigenvalue weighted by Gasteiger charge is -2.08. The van der Waals surface area contributed by atoms with Gasteiger partial charge in [0.15, 0.2) is 5.16 Å². The van der Waals surface area contributed by atoms with Crippen LogP contribution in [0.1, 0.15) is 18.1 Å². The van der Waals surface area contributed by atoms with Gasteiger partial charge >= 0.3 is 0 Å². The normalized spacial score (nSPS) is 11.7. The molecule has 1 aromatic heterocycles. The van der Waals surface area contributed by atoms with Gasteiger partial charge < -0.3 is 9.88 Å². The number of benzene rings is 2. The average Bonchev–Trinajstić information content (AvgIpc) is 3.03. The number of imidazole rings is 1. The molecule has 3 rings (SSSR count). The van der Waals surface area contributed by atoms with Crippen LogP contribution in [-0.4, -0.2) is 29.6 Å². The first-order chi connectivity index (χ1) is 13.7. The molecule has 2 aromatic carbocycles. The van der Waals surface area contributed by atoms with Crippen LogP contribution in [-0.2, 0) is 27.9 Å². The summed E-state index contributed by atoms with van der Waals surface area (Å²) in [5.41, 5.74) is 2.62. The molecule has 0 aliphatic carbocycles. The number of primary sulfonamides is 1. The Morgan fingerprint density at radius 2 is 2.03 bits per heavy atom. The first-order valence-electron chi connectivity index (χ1n) is 8.86. The zero-order valence-corrected chi connectivity index (χ0v) is 17.6. The number of carbonyl (C=O) groups excluding carboxylic acids is 1. The molecule has 0 fully saturated rings. The second-order valence-electron chi connectivity index (χ2n) is 6.48. The molecule has 0 bridgehead atoms. The van der Waals surface area contributed by atoms with E-state index in [0.29, 0.717) is 29.3 Å². The number of rotatable bonds is 7. The number of carbonyl (C=O) groups is 1. The Balaban J connectivity index is 1.69. The number of aryl methyl sites for hydroxylation is 2. The van der Waals surface area contributed by atoms with E-state index >= 15 is 0 Å². The maximum Gasteiger partial charge on any atom is 0.238 e. The fourth-order valence-corrected chi connectivity index (χ4v) is 4.32. The first kappa shape index (κ1) is 21.3. The van der Waals surface area contributed by atoms with E-state index in [2.05, 4.69) is 10.3 Å². The second-order valence-corrected chi connectivity index (χ2v) is 8.99. The quantitative estimate of drug-likeness (QED) is 0.554. The van der Waals surface area contributed by atoms with Crippen molar-refractivity contribution in [1.29, 1.82) is 0 Å². The Bertz CT molecular complexity index is 1180. The monoisotopic (exact) mass is 436 g/mol. The van der Waals surface area contributed by atoms with Crippen molar-refractivity contribution in [3.8, 4) is 0 Å². The van der Waals surface area contributed by atoms with Gasteiger partial charge in [-0.15, -0.1) is 0 Å². The smallest absolute Gasteiger partial charge is 0.238 e. The highest BCUT2D eigenvalue weighted by Gasteiger charge is 2.15. The number of nitrogens with one attached hydrogen (secondary N) is 1. The second kappa shape index (κ2) is 8.52. The lowest BCUT2D eigenvalue weighted by atomic mass is 10.1. The van der Waals surface area contributed by atoms with Gasteiger partial charge in [-0.3, -0.25) is 4.79 Å². The molecule has 0 radical (unpaired) electrons. The lowest BCUT2D eigenvalue weighted by Crippen LogP contribution is -2.24. The van der Waals surface area contributed by atoms with Crippen molar-refractivity contribution in [1.82, 2.24) is 14.9 Å². The summed E-state index contributed by atoms with van der Waals surface area (Å²) in [4.78, 5) is 16.7. The molecule has 154 valence electrons. The summed E-state index contributed by atoms with van der Waals surface area (Å²) in [5, 5.41) is 8.59. The summed E-state index contributed by atoms with van der Waals surface area (Å²) in [6.07, 6.45) is 0. The topological polar surface area (TPSA) is 107 Å². The maximum absolute atomic E-state index is 13.3. The molecule has 7 nitrogen and oxygen atoms in total. The molecule has 0 aliphatic heterocycles. The molecule has 0 atom stereocenters. The zero-order chi connectivity index (χ0) is 21.2. The van der Waals surface area contributed by atoms with Crippen LogP contribution in [0.25, 0.3) is 11.0 Å². The van der Waals surface area contributed by atoms with Gasteiger partial charge in [0.2, 0.25) is 15.9 Å². The highest BCUT2D eigenvalue weighted by atomic mass is 32.2. The lowest BCUT2D eigenvalue weighted by molar-refractivity contribution is -0.118. The molecule has 3 aromatic rings. The van der Waals surface area contributed by atoms with Crippen molar-refractivity contribution < 1.29 is 17.6 Å². The number of thioether (sulfide) groups is 1. The van der Waals surface area contributed by atoms with Crippen LogP contribution in [0.3, 0.4) is 0 Å². The van der Waals surface area contributed by atoms with Crippen LogP contribution in [0, 0.1) is 12.7 Å². The van der Waals surface area contributed by atoms with Crippen LogP contribution in [0.4, 0.5) is 4.39 Å². The number of nitrogens with two attached hydrogens (primary N) is 1. The highest BCUT2D eigenvalue weighted by Crippen LogP contribution is 2.25. The van der Waals surface area contributed by atoms with Gasteiger partial charge in [0.05, 0.1) is 21.7 Å². The largest absolute Gasteiger partial charge is 0.351 e. The molecule has 3 N–H and O–H groups in total. The molecule has 29 heavy (non-hydrogen) atoms. The van der Waals surface area contributed by atoms with Crippen LogP contribution >= 0.6 is 11.8 Å². The van der Waals surface area contributed by atoms with Gasteiger partial charge in [0.1, 0.15) is 5.82 Å². The number of nitrogens with zero attached hydrogens (tertiary/aromatic N) is 2. The molecule has 0 unspecified atom stereocenters. The summed E-state index contributed by atoms with van der Waals surface area (Å²) in [6.45, 7) is 4.54. The van der Waals surface area contributed by atoms with Gasteiger partial charge in [-0.05, 0) is 49.2 Å². The van der Waals surface area contributed by atoms with Crippen LogP contribution in [0.5, 0.6) is 0 Å². The van der Waals surface area contributed by atoms with Gasteiger partial charge in [0.25, 0.3) is 0 Å². The van der Waals surface area contributed by atoms with Crippen molar-refractivity contribution in [2.24, 2.45) is 5.14 Å². The van der Waals surface area contributed by atoms with Crippen molar-refractivity contribution in [2.75, 3.05) is 5.75 Å². The molecule has 0 saturated carbocycles. The number of aromatic nitrogens is 2. The predicted octanol–water partition coefficient (Wildman–Crippen LogP) is 2.56. The van der Waals surface area contributed by atoms with Crippen molar-refractivity contribution in [3.05, 3.63) is 53.3 Å². The number of hydrogen-bond donors (Lipinski definition) is 2. The number of amides is 1. The summed E-state index contributed by atoms with van der Waals surface area (Å²) < 4.78 is 38.3. The minimum Gasteiger partial charge on any atom is -0.351 e. The Morgan fingerprint density at radius 1 is 1.28 bits per heavy atom. The van der Waals surface area contributed by atoms with E-state index in [0.717, 1.165) is 11.1 Å². The van der Waals surface area contributed by atoms with Gasteiger partial charge in [-0.2, -0.15) is 0 Å². The van der Waals surface area contributed by atoms with E-state index in [1.807, 2.05) is 11.5 Å². The van der Waals surface area contributed by atoms with Crippen LogP contribution in [0.2, 0.25) is 0 Å². The summed E-state index contributed by atoms with van der Waals surface area (Å²) in [7, 11) is -3.81. The Hall–Kier alpha value is -2.43.